The van der Waals surface area contributed by atoms with E-state index in [4.69, 9.17) is 10.6 Å². The third kappa shape index (κ3) is 2.32. The molecule has 0 radical (unpaired) electrons. The highest BCUT2D eigenvalue weighted by Crippen LogP contribution is 2.52. The summed E-state index contributed by atoms with van der Waals surface area (Å²) in [5.74, 6) is 6.79. The number of nitrogens with zero attached hydrogens (tertiary/aromatic N) is 1. The van der Waals surface area contributed by atoms with Crippen LogP contribution >= 0.6 is 0 Å². The second kappa shape index (κ2) is 4.85. The van der Waals surface area contributed by atoms with Gasteiger partial charge < -0.3 is 4.74 Å². The molecule has 104 valence electrons. The molecule has 0 spiro atoms. The summed E-state index contributed by atoms with van der Waals surface area (Å²) in [5, 5.41) is 1.19. The van der Waals surface area contributed by atoms with Gasteiger partial charge in [-0.2, -0.15) is 0 Å². The maximum Gasteiger partial charge on any atom is 0.246 e. The molecule has 1 aromatic carbocycles. The molecule has 0 unspecified atom stereocenters. The van der Waals surface area contributed by atoms with Crippen molar-refractivity contribution in [3.63, 3.8) is 0 Å². The fourth-order valence-corrected chi connectivity index (χ4v) is 2.52. The molecule has 2 rings (SSSR count). The number of benzene rings is 1. The number of hydrogen-bond acceptors (Lipinski definition) is 3. The van der Waals surface area contributed by atoms with Crippen molar-refractivity contribution in [3.8, 4) is 5.75 Å². The van der Waals surface area contributed by atoms with Crippen LogP contribution in [0, 0.1) is 0 Å². The molecule has 0 atom stereocenters. The fraction of sp³-hybridized carbons (Fsp3) is 0.533. The molecule has 2 N–H and O–H groups in total. The van der Waals surface area contributed by atoms with Crippen LogP contribution in [0.5, 0.6) is 5.75 Å². The van der Waals surface area contributed by atoms with E-state index in [1.54, 1.807) is 14.2 Å². The average Bonchev–Trinajstić information content (AvgIpc) is 3.18. The van der Waals surface area contributed by atoms with Gasteiger partial charge in [0.15, 0.2) is 0 Å². The van der Waals surface area contributed by atoms with Crippen LogP contribution < -0.4 is 10.6 Å². The standard InChI is InChI=1S/C15H22N2O2/c1-10(2)11-5-6-13(19-4)12(9-11)15(7-8-15)14(18)17(3)16/h5-6,9-10H,7-8,16H2,1-4H3. The van der Waals surface area contributed by atoms with Crippen LogP contribution in [0.1, 0.15) is 43.7 Å². The quantitative estimate of drug-likeness (QED) is 0.514. The van der Waals surface area contributed by atoms with Crippen LogP contribution in [0.3, 0.4) is 0 Å². The molecule has 1 aliphatic carbocycles. The van der Waals surface area contributed by atoms with E-state index in [-0.39, 0.29) is 5.91 Å². The molecule has 4 heteroatoms. The van der Waals surface area contributed by atoms with E-state index in [1.807, 2.05) is 6.07 Å². The molecule has 1 amide bonds. The number of hydrazine groups is 1. The smallest absolute Gasteiger partial charge is 0.246 e. The van der Waals surface area contributed by atoms with Gasteiger partial charge in [0.25, 0.3) is 0 Å². The third-order valence-corrected chi connectivity index (χ3v) is 3.89. The van der Waals surface area contributed by atoms with E-state index < -0.39 is 5.41 Å². The van der Waals surface area contributed by atoms with Crippen molar-refractivity contribution in [1.82, 2.24) is 5.01 Å². The lowest BCUT2D eigenvalue weighted by Gasteiger charge is -2.22. The summed E-state index contributed by atoms with van der Waals surface area (Å²) in [7, 11) is 3.24. The molecule has 1 saturated carbocycles. The van der Waals surface area contributed by atoms with Gasteiger partial charge in [-0.25, -0.2) is 5.84 Å². The Kier molecular flexibility index (Phi) is 3.54. The summed E-state index contributed by atoms with van der Waals surface area (Å²) in [6, 6.07) is 6.10. The largest absolute Gasteiger partial charge is 0.496 e. The predicted molar refractivity (Wildman–Crippen MR) is 75.0 cm³/mol. The SMILES string of the molecule is COc1ccc(C(C)C)cc1C1(C(=O)N(C)N)CC1. The van der Waals surface area contributed by atoms with Crippen molar-refractivity contribution in [2.75, 3.05) is 14.2 Å². The average molecular weight is 262 g/mol. The molecule has 1 aromatic rings. The fourth-order valence-electron chi connectivity index (χ4n) is 2.52. The van der Waals surface area contributed by atoms with Gasteiger partial charge in [0.2, 0.25) is 5.91 Å². The second-order valence-corrected chi connectivity index (χ2v) is 5.61. The molecule has 0 aromatic heterocycles. The van der Waals surface area contributed by atoms with Gasteiger partial charge in [0.05, 0.1) is 12.5 Å². The first-order chi connectivity index (χ1) is 8.92. The number of ether oxygens (including phenoxy) is 1. The molecular formula is C15H22N2O2. The molecule has 0 heterocycles. The summed E-state index contributed by atoms with van der Waals surface area (Å²) < 4.78 is 5.42. The lowest BCUT2D eigenvalue weighted by atomic mass is 9.90. The van der Waals surface area contributed by atoms with Crippen LogP contribution in [0.15, 0.2) is 18.2 Å². The van der Waals surface area contributed by atoms with Gasteiger partial charge in [0, 0.05) is 12.6 Å². The molecule has 0 aliphatic heterocycles. The lowest BCUT2D eigenvalue weighted by molar-refractivity contribution is -0.132. The lowest BCUT2D eigenvalue weighted by Crippen LogP contribution is -2.41. The first kappa shape index (κ1) is 13.9. The number of nitrogens with two attached hydrogens (primary N) is 1. The number of methoxy groups -OCH3 is 1. The Balaban J connectivity index is 2.48. The van der Waals surface area contributed by atoms with Gasteiger partial charge in [-0.3, -0.25) is 9.80 Å². The molecule has 4 nitrogen and oxygen atoms in total. The number of hydrogen-bond donors (Lipinski definition) is 1. The van der Waals surface area contributed by atoms with Crippen LogP contribution in [-0.2, 0) is 10.2 Å². The van der Waals surface area contributed by atoms with Crippen LogP contribution in [-0.4, -0.2) is 25.1 Å². The van der Waals surface area contributed by atoms with Gasteiger partial charge in [-0.1, -0.05) is 26.0 Å². The highest BCUT2D eigenvalue weighted by atomic mass is 16.5. The Bertz CT molecular complexity index is 491. The number of carbonyl (C=O) groups excluding carboxylic acids is 1. The monoisotopic (exact) mass is 262 g/mol. The Hall–Kier alpha value is -1.55. The van der Waals surface area contributed by atoms with E-state index >= 15 is 0 Å². The number of rotatable bonds is 4. The zero-order valence-corrected chi connectivity index (χ0v) is 12.1. The van der Waals surface area contributed by atoms with Crippen molar-refractivity contribution in [2.24, 2.45) is 5.84 Å². The van der Waals surface area contributed by atoms with Crippen molar-refractivity contribution in [1.29, 1.82) is 0 Å². The van der Waals surface area contributed by atoms with Crippen LogP contribution in [0.25, 0.3) is 0 Å². The topological polar surface area (TPSA) is 55.6 Å². The molecule has 0 bridgehead atoms. The zero-order valence-electron chi connectivity index (χ0n) is 12.1. The summed E-state index contributed by atoms with van der Waals surface area (Å²) >= 11 is 0. The maximum absolute atomic E-state index is 12.3. The Labute approximate surface area is 114 Å². The van der Waals surface area contributed by atoms with Gasteiger partial charge in [-0.15, -0.1) is 0 Å². The molecule has 1 aliphatic rings. The molecule has 1 fully saturated rings. The second-order valence-electron chi connectivity index (χ2n) is 5.61. The molecular weight excluding hydrogens is 240 g/mol. The first-order valence-corrected chi connectivity index (χ1v) is 6.63. The molecule has 19 heavy (non-hydrogen) atoms. The first-order valence-electron chi connectivity index (χ1n) is 6.63. The van der Waals surface area contributed by atoms with Crippen molar-refractivity contribution in [2.45, 2.75) is 38.0 Å². The maximum atomic E-state index is 12.3. The summed E-state index contributed by atoms with van der Waals surface area (Å²) in [4.78, 5) is 12.3. The van der Waals surface area contributed by atoms with Gasteiger partial charge >= 0.3 is 0 Å². The minimum atomic E-state index is -0.472. The summed E-state index contributed by atoms with van der Waals surface area (Å²) in [6.45, 7) is 4.28. The summed E-state index contributed by atoms with van der Waals surface area (Å²) in [6.07, 6.45) is 1.68. The predicted octanol–water partition coefficient (Wildman–Crippen LogP) is 2.18. The van der Waals surface area contributed by atoms with Crippen molar-refractivity contribution in [3.05, 3.63) is 29.3 Å². The zero-order chi connectivity index (χ0) is 14.2. The highest BCUT2D eigenvalue weighted by molar-refractivity contribution is 5.91. The van der Waals surface area contributed by atoms with E-state index in [9.17, 15) is 4.79 Å². The van der Waals surface area contributed by atoms with Crippen molar-refractivity contribution >= 4 is 5.91 Å². The molecule has 0 saturated heterocycles. The van der Waals surface area contributed by atoms with E-state index in [1.165, 1.54) is 10.6 Å². The van der Waals surface area contributed by atoms with E-state index in [0.29, 0.717) is 5.92 Å². The normalized spacial score (nSPS) is 16.3. The third-order valence-electron chi connectivity index (χ3n) is 3.89. The Morgan fingerprint density at radius 2 is 2.05 bits per heavy atom. The number of carbonyl (C=O) groups is 1. The van der Waals surface area contributed by atoms with Gasteiger partial charge in [0.1, 0.15) is 5.75 Å². The Morgan fingerprint density at radius 1 is 1.42 bits per heavy atom. The van der Waals surface area contributed by atoms with Gasteiger partial charge in [-0.05, 0) is 30.4 Å². The number of amides is 1. The van der Waals surface area contributed by atoms with E-state index in [2.05, 4.69) is 26.0 Å². The highest BCUT2D eigenvalue weighted by Gasteiger charge is 2.54. The van der Waals surface area contributed by atoms with Crippen LogP contribution in [0.2, 0.25) is 0 Å². The van der Waals surface area contributed by atoms with Crippen LogP contribution in [0.4, 0.5) is 0 Å². The summed E-state index contributed by atoms with van der Waals surface area (Å²) in [5.41, 5.74) is 1.72. The van der Waals surface area contributed by atoms with Crippen molar-refractivity contribution < 1.29 is 9.53 Å². The minimum Gasteiger partial charge on any atom is -0.496 e. The Morgan fingerprint density at radius 3 is 2.47 bits per heavy atom. The number of likely N-dealkylation sites (N-methyl/N-ethyl adjacent to an activating group) is 1. The van der Waals surface area contributed by atoms with E-state index in [0.717, 1.165) is 24.2 Å². The minimum absolute atomic E-state index is 0.0355.